The summed E-state index contributed by atoms with van der Waals surface area (Å²) in [7, 11) is 0. The van der Waals surface area contributed by atoms with E-state index in [1.807, 2.05) is 6.92 Å². The molecule has 4 N–H and O–H groups in total. The molecule has 26 heavy (non-hydrogen) atoms. The quantitative estimate of drug-likeness (QED) is 0.565. The van der Waals surface area contributed by atoms with Crippen molar-refractivity contribution in [2.75, 3.05) is 0 Å². The van der Waals surface area contributed by atoms with Gasteiger partial charge in [-0.2, -0.15) is 0 Å². The van der Waals surface area contributed by atoms with Crippen molar-refractivity contribution in [3.05, 3.63) is 23.8 Å². The number of carbonyl (C=O) groups is 1. The molecule has 0 heterocycles. The highest BCUT2D eigenvalue weighted by Crippen LogP contribution is 2.67. The van der Waals surface area contributed by atoms with E-state index in [1.165, 1.54) is 5.57 Å². The molecule has 0 saturated heterocycles. The molecule has 0 aromatic rings. The Morgan fingerprint density at radius 2 is 2.04 bits per heavy atom. The van der Waals surface area contributed by atoms with E-state index >= 15 is 0 Å². The fourth-order valence-corrected chi connectivity index (χ4v) is 7.16. The normalized spacial score (nSPS) is 51.0. The molecule has 5 heteroatoms. The Hall–Kier alpha value is -1.17. The summed E-state index contributed by atoms with van der Waals surface area (Å²) in [5.41, 5.74) is -1.23. The smallest absolute Gasteiger partial charge is 0.335 e. The summed E-state index contributed by atoms with van der Waals surface area (Å²) in [5, 5.41) is 42.0. The molecule has 3 saturated carbocycles. The third kappa shape index (κ3) is 2.11. The van der Waals surface area contributed by atoms with Gasteiger partial charge in [0.05, 0.1) is 6.10 Å². The van der Waals surface area contributed by atoms with Crippen molar-refractivity contribution in [2.24, 2.45) is 28.6 Å². The molecular formula is C21H30O5. The van der Waals surface area contributed by atoms with E-state index < -0.39 is 29.2 Å². The van der Waals surface area contributed by atoms with Gasteiger partial charge >= 0.3 is 5.97 Å². The molecule has 0 amide bonds. The fraction of sp³-hybridized carbons (Fsp3) is 0.762. The molecule has 0 unspecified atom stereocenters. The Kier molecular flexibility index (Phi) is 3.97. The van der Waals surface area contributed by atoms with Gasteiger partial charge in [0.15, 0.2) is 6.10 Å². The van der Waals surface area contributed by atoms with Gasteiger partial charge in [-0.15, -0.1) is 0 Å². The van der Waals surface area contributed by atoms with Crippen LogP contribution >= 0.6 is 0 Å². The van der Waals surface area contributed by atoms with Gasteiger partial charge in [-0.25, -0.2) is 4.79 Å². The summed E-state index contributed by atoms with van der Waals surface area (Å²) in [5.74, 6) is -0.962. The van der Waals surface area contributed by atoms with Crippen LogP contribution < -0.4 is 0 Å². The highest BCUT2D eigenvalue weighted by atomic mass is 16.4. The van der Waals surface area contributed by atoms with Crippen LogP contribution in [0, 0.1) is 28.6 Å². The Labute approximate surface area is 154 Å². The van der Waals surface area contributed by atoms with Crippen LogP contribution in [0.15, 0.2) is 23.8 Å². The van der Waals surface area contributed by atoms with Gasteiger partial charge in [0.2, 0.25) is 0 Å². The van der Waals surface area contributed by atoms with Gasteiger partial charge in [-0.05, 0) is 50.4 Å². The van der Waals surface area contributed by atoms with Gasteiger partial charge in [0, 0.05) is 16.7 Å². The third-order valence-corrected chi connectivity index (χ3v) is 8.45. The summed E-state index contributed by atoms with van der Waals surface area (Å²) >= 11 is 0. The van der Waals surface area contributed by atoms with Crippen molar-refractivity contribution >= 4 is 5.97 Å². The first kappa shape index (κ1) is 18.2. The lowest BCUT2D eigenvalue weighted by Gasteiger charge is -2.60. The Morgan fingerprint density at radius 3 is 2.73 bits per heavy atom. The molecule has 3 fully saturated rings. The second-order valence-corrected chi connectivity index (χ2v) is 9.38. The number of hydrogen-bond donors (Lipinski definition) is 4. The zero-order valence-corrected chi connectivity index (χ0v) is 15.6. The highest BCUT2D eigenvalue weighted by molar-refractivity contribution is 5.74. The SMILES string of the molecule is C[C@]12C=CCC=C1CC[C@@H]1[C@@H]2[C@@H](O)C[C@@]2(C)[C@H]1CC[C@]2(O)[C@H](O)C(=O)O. The lowest BCUT2D eigenvalue weighted by molar-refractivity contribution is -0.207. The summed E-state index contributed by atoms with van der Waals surface area (Å²) in [4.78, 5) is 11.4. The van der Waals surface area contributed by atoms with Crippen LogP contribution in [-0.4, -0.2) is 44.2 Å². The molecule has 144 valence electrons. The van der Waals surface area contributed by atoms with E-state index in [1.54, 1.807) is 0 Å². The van der Waals surface area contributed by atoms with Gasteiger partial charge in [0.25, 0.3) is 0 Å². The minimum Gasteiger partial charge on any atom is -0.479 e. The monoisotopic (exact) mass is 362 g/mol. The molecule has 4 rings (SSSR count). The maximum Gasteiger partial charge on any atom is 0.335 e. The van der Waals surface area contributed by atoms with Gasteiger partial charge < -0.3 is 20.4 Å². The molecule has 4 aliphatic carbocycles. The number of hydrogen-bond acceptors (Lipinski definition) is 4. The Bertz CT molecular complexity index is 684. The number of aliphatic carboxylic acids is 1. The molecule has 0 aromatic heterocycles. The molecule has 0 radical (unpaired) electrons. The zero-order chi connectivity index (χ0) is 18.9. The number of carboxylic acids is 1. The number of carboxylic acid groups (broad SMARTS) is 1. The van der Waals surface area contributed by atoms with Crippen molar-refractivity contribution in [1.29, 1.82) is 0 Å². The lowest BCUT2D eigenvalue weighted by atomic mass is 9.46. The summed E-state index contributed by atoms with van der Waals surface area (Å²) in [6, 6.07) is 0. The van der Waals surface area contributed by atoms with Crippen LogP contribution in [0.3, 0.4) is 0 Å². The van der Waals surface area contributed by atoms with Crippen molar-refractivity contribution in [3.63, 3.8) is 0 Å². The second kappa shape index (κ2) is 5.66. The predicted octanol–water partition coefficient (Wildman–Crippen LogP) is 2.26. The largest absolute Gasteiger partial charge is 0.479 e. The van der Waals surface area contributed by atoms with E-state index in [9.17, 15) is 25.2 Å². The first-order valence-corrected chi connectivity index (χ1v) is 9.84. The second-order valence-electron chi connectivity index (χ2n) is 9.38. The maximum atomic E-state index is 11.4. The van der Waals surface area contributed by atoms with Crippen LogP contribution in [0.4, 0.5) is 0 Å². The van der Waals surface area contributed by atoms with E-state index in [0.29, 0.717) is 12.8 Å². The standard InChI is InChI=1S/C21H30O5/c1-19-9-4-3-5-12(19)6-7-13-14-8-10-21(26,17(23)18(24)25)20(14,2)11-15(22)16(13)19/h4-5,9,13-17,22-23,26H,3,6-8,10-11H2,1-2H3,(H,24,25)/t13-,14-,15-,16+,17+,19-,20-,21-/m0/s1. The van der Waals surface area contributed by atoms with Gasteiger partial charge in [0.1, 0.15) is 5.60 Å². The molecule has 0 spiro atoms. The summed E-state index contributed by atoms with van der Waals surface area (Å²) < 4.78 is 0. The summed E-state index contributed by atoms with van der Waals surface area (Å²) in [6.07, 6.45) is 8.46. The first-order chi connectivity index (χ1) is 12.1. The van der Waals surface area contributed by atoms with Gasteiger partial charge in [-0.1, -0.05) is 37.6 Å². The maximum absolute atomic E-state index is 11.4. The molecular weight excluding hydrogens is 332 g/mol. The van der Waals surface area contributed by atoms with Crippen molar-refractivity contribution in [3.8, 4) is 0 Å². The fourth-order valence-electron chi connectivity index (χ4n) is 7.16. The van der Waals surface area contributed by atoms with Crippen LogP contribution in [0.2, 0.25) is 0 Å². The third-order valence-electron chi connectivity index (χ3n) is 8.45. The van der Waals surface area contributed by atoms with Crippen LogP contribution in [0.25, 0.3) is 0 Å². The molecule has 5 nitrogen and oxygen atoms in total. The average molecular weight is 362 g/mol. The van der Waals surface area contributed by atoms with E-state index in [-0.39, 0.29) is 29.6 Å². The molecule has 4 aliphatic rings. The Morgan fingerprint density at radius 1 is 1.31 bits per heavy atom. The number of fused-ring (bicyclic) bond motifs is 5. The van der Waals surface area contributed by atoms with Gasteiger partial charge in [-0.3, -0.25) is 0 Å². The van der Waals surface area contributed by atoms with Crippen molar-refractivity contribution in [2.45, 2.75) is 70.2 Å². The van der Waals surface area contributed by atoms with Crippen LogP contribution in [-0.2, 0) is 4.79 Å². The Balaban J connectivity index is 1.74. The molecule has 0 aromatic carbocycles. The predicted molar refractivity (Wildman–Crippen MR) is 96.2 cm³/mol. The number of aliphatic hydroxyl groups is 3. The first-order valence-electron chi connectivity index (χ1n) is 9.84. The summed E-state index contributed by atoms with van der Waals surface area (Å²) in [6.45, 7) is 4.09. The minimum absolute atomic E-state index is 0.0847. The van der Waals surface area contributed by atoms with Crippen LogP contribution in [0.5, 0.6) is 0 Å². The highest BCUT2D eigenvalue weighted by Gasteiger charge is 2.68. The molecule has 8 atom stereocenters. The molecule has 0 bridgehead atoms. The average Bonchev–Trinajstić information content (AvgIpc) is 2.85. The van der Waals surface area contributed by atoms with E-state index in [2.05, 4.69) is 25.2 Å². The van der Waals surface area contributed by atoms with Crippen molar-refractivity contribution in [1.82, 2.24) is 0 Å². The van der Waals surface area contributed by atoms with E-state index in [4.69, 9.17) is 0 Å². The number of allylic oxidation sites excluding steroid dienone is 4. The topological polar surface area (TPSA) is 98.0 Å². The van der Waals surface area contributed by atoms with E-state index in [0.717, 1.165) is 19.3 Å². The lowest BCUT2D eigenvalue weighted by Crippen LogP contribution is -2.63. The minimum atomic E-state index is -1.81. The van der Waals surface area contributed by atoms with Crippen molar-refractivity contribution < 1.29 is 25.2 Å². The molecule has 0 aliphatic heterocycles. The number of rotatable bonds is 2. The number of aliphatic hydroxyl groups excluding tert-OH is 2. The zero-order valence-electron chi connectivity index (χ0n) is 15.6. The van der Waals surface area contributed by atoms with Crippen LogP contribution in [0.1, 0.15) is 52.4 Å².